The maximum atomic E-state index is 12.3. The number of alkyl halides is 2. The van der Waals surface area contributed by atoms with Gasteiger partial charge in [0.1, 0.15) is 11.5 Å². The van der Waals surface area contributed by atoms with Gasteiger partial charge in [-0.15, -0.1) is 0 Å². The quantitative estimate of drug-likeness (QED) is 0.785. The van der Waals surface area contributed by atoms with Crippen molar-refractivity contribution in [3.8, 4) is 5.82 Å². The number of hydrogen-bond donors (Lipinski definition) is 0. The van der Waals surface area contributed by atoms with Crippen LogP contribution < -0.4 is 0 Å². The van der Waals surface area contributed by atoms with Crippen LogP contribution in [0.2, 0.25) is 0 Å². The smallest absolute Gasteiger partial charge is 0.238 e. The number of aromatic nitrogens is 4. The van der Waals surface area contributed by atoms with Gasteiger partial charge in [-0.1, -0.05) is 0 Å². The SMILES string of the molecule is Cc1cc(-n2ccc(C(F)F)n2)nc(C)n1. The molecule has 6 heteroatoms. The second-order valence-corrected chi connectivity index (χ2v) is 3.40. The summed E-state index contributed by atoms with van der Waals surface area (Å²) in [6.45, 7) is 3.56. The Bertz CT molecular complexity index is 487. The number of rotatable bonds is 2. The Hall–Kier alpha value is -1.85. The second-order valence-electron chi connectivity index (χ2n) is 3.40. The largest absolute Gasteiger partial charge is 0.282 e. The van der Waals surface area contributed by atoms with Crippen LogP contribution in [0.1, 0.15) is 23.6 Å². The van der Waals surface area contributed by atoms with E-state index in [0.717, 1.165) is 5.69 Å². The summed E-state index contributed by atoms with van der Waals surface area (Å²) in [6, 6.07) is 2.96. The first kappa shape index (κ1) is 10.7. The van der Waals surface area contributed by atoms with E-state index in [1.165, 1.54) is 16.9 Å². The van der Waals surface area contributed by atoms with Crippen LogP contribution in [0.3, 0.4) is 0 Å². The molecule has 0 bridgehead atoms. The van der Waals surface area contributed by atoms with Crippen LogP contribution in [-0.2, 0) is 0 Å². The van der Waals surface area contributed by atoms with Crippen LogP contribution in [0, 0.1) is 13.8 Å². The van der Waals surface area contributed by atoms with E-state index in [1.807, 2.05) is 6.92 Å². The lowest BCUT2D eigenvalue weighted by Gasteiger charge is -2.02. The Balaban J connectivity index is 2.42. The molecule has 0 unspecified atom stereocenters. The molecular formula is C10H10F2N4. The van der Waals surface area contributed by atoms with Gasteiger partial charge in [0.25, 0.3) is 6.43 Å². The third-order valence-corrected chi connectivity index (χ3v) is 2.02. The highest BCUT2D eigenvalue weighted by molar-refractivity contribution is 5.24. The second kappa shape index (κ2) is 3.96. The topological polar surface area (TPSA) is 43.6 Å². The molecule has 2 aromatic rings. The third-order valence-electron chi connectivity index (χ3n) is 2.02. The molecule has 0 saturated carbocycles. The monoisotopic (exact) mass is 224 g/mol. The Morgan fingerprint density at radius 3 is 2.56 bits per heavy atom. The summed E-state index contributed by atoms with van der Waals surface area (Å²) in [5.74, 6) is 1.08. The van der Waals surface area contributed by atoms with E-state index in [0.29, 0.717) is 11.6 Å². The number of aryl methyl sites for hydroxylation is 2. The summed E-state index contributed by atoms with van der Waals surface area (Å²) in [4.78, 5) is 8.22. The van der Waals surface area contributed by atoms with Crippen molar-refractivity contribution < 1.29 is 8.78 Å². The fraction of sp³-hybridized carbons (Fsp3) is 0.300. The highest BCUT2D eigenvalue weighted by Gasteiger charge is 2.11. The minimum Gasteiger partial charge on any atom is -0.238 e. The van der Waals surface area contributed by atoms with Gasteiger partial charge in [0.15, 0.2) is 5.82 Å². The lowest BCUT2D eigenvalue weighted by molar-refractivity contribution is 0.145. The molecule has 0 aliphatic rings. The van der Waals surface area contributed by atoms with E-state index in [1.54, 1.807) is 13.0 Å². The molecule has 0 aliphatic carbocycles. The summed E-state index contributed by atoms with van der Waals surface area (Å²) in [7, 11) is 0. The van der Waals surface area contributed by atoms with Crippen molar-refractivity contribution in [3.05, 3.63) is 35.5 Å². The van der Waals surface area contributed by atoms with E-state index in [2.05, 4.69) is 15.1 Å². The fourth-order valence-electron chi connectivity index (χ4n) is 1.40. The molecule has 84 valence electrons. The Morgan fingerprint density at radius 2 is 2.00 bits per heavy atom. The Kier molecular flexibility index (Phi) is 2.64. The molecule has 0 amide bonds. The van der Waals surface area contributed by atoms with Crippen LogP contribution in [0.25, 0.3) is 5.82 Å². The lowest BCUT2D eigenvalue weighted by atomic mass is 10.4. The number of halogens is 2. The molecule has 0 atom stereocenters. The highest BCUT2D eigenvalue weighted by atomic mass is 19.3. The van der Waals surface area contributed by atoms with Gasteiger partial charge in [-0.05, 0) is 19.9 Å². The van der Waals surface area contributed by atoms with Gasteiger partial charge in [-0.3, -0.25) is 0 Å². The van der Waals surface area contributed by atoms with Crippen molar-refractivity contribution in [2.45, 2.75) is 20.3 Å². The fourth-order valence-corrected chi connectivity index (χ4v) is 1.40. The van der Waals surface area contributed by atoms with Crippen LogP contribution in [0.4, 0.5) is 8.78 Å². The summed E-state index contributed by atoms with van der Waals surface area (Å²) in [5, 5.41) is 3.74. The van der Waals surface area contributed by atoms with E-state index >= 15 is 0 Å². The minimum absolute atomic E-state index is 0.256. The number of nitrogens with zero attached hydrogens (tertiary/aromatic N) is 4. The molecule has 4 nitrogen and oxygen atoms in total. The van der Waals surface area contributed by atoms with Gasteiger partial charge in [-0.25, -0.2) is 23.4 Å². The molecule has 0 spiro atoms. The first-order chi connectivity index (χ1) is 7.56. The van der Waals surface area contributed by atoms with Crippen molar-refractivity contribution in [1.29, 1.82) is 0 Å². The lowest BCUT2D eigenvalue weighted by Crippen LogP contribution is -2.03. The molecule has 2 aromatic heterocycles. The van der Waals surface area contributed by atoms with Crippen molar-refractivity contribution in [2.75, 3.05) is 0 Å². The standard InChI is InChI=1S/C10H10F2N4/c1-6-5-9(14-7(2)13-6)16-4-3-8(15-16)10(11)12/h3-5,10H,1-2H3. The Morgan fingerprint density at radius 1 is 1.25 bits per heavy atom. The van der Waals surface area contributed by atoms with Crippen LogP contribution in [-0.4, -0.2) is 19.7 Å². The maximum absolute atomic E-state index is 12.3. The molecular weight excluding hydrogens is 214 g/mol. The first-order valence-electron chi connectivity index (χ1n) is 4.72. The molecule has 16 heavy (non-hydrogen) atoms. The van der Waals surface area contributed by atoms with E-state index in [9.17, 15) is 8.78 Å². The summed E-state index contributed by atoms with van der Waals surface area (Å²) in [6.07, 6.45) is -1.10. The van der Waals surface area contributed by atoms with Crippen molar-refractivity contribution in [2.24, 2.45) is 0 Å². The average molecular weight is 224 g/mol. The molecule has 2 heterocycles. The average Bonchev–Trinajstić information content (AvgIpc) is 2.64. The number of hydrogen-bond acceptors (Lipinski definition) is 3. The van der Waals surface area contributed by atoms with Crippen molar-refractivity contribution in [1.82, 2.24) is 19.7 Å². The Labute approximate surface area is 91.0 Å². The van der Waals surface area contributed by atoms with Gasteiger partial charge in [0.05, 0.1) is 0 Å². The van der Waals surface area contributed by atoms with Gasteiger partial charge in [0, 0.05) is 18.0 Å². The van der Waals surface area contributed by atoms with E-state index in [-0.39, 0.29) is 5.69 Å². The molecule has 0 N–H and O–H groups in total. The van der Waals surface area contributed by atoms with Crippen LogP contribution >= 0.6 is 0 Å². The minimum atomic E-state index is -2.56. The predicted octanol–water partition coefficient (Wildman–Crippen LogP) is 2.22. The van der Waals surface area contributed by atoms with Crippen LogP contribution in [0.5, 0.6) is 0 Å². The highest BCUT2D eigenvalue weighted by Crippen LogP contribution is 2.17. The zero-order chi connectivity index (χ0) is 11.7. The normalized spacial score (nSPS) is 11.1. The molecule has 0 fully saturated rings. The molecule has 0 radical (unpaired) electrons. The molecule has 0 aliphatic heterocycles. The van der Waals surface area contributed by atoms with E-state index in [4.69, 9.17) is 0 Å². The van der Waals surface area contributed by atoms with Gasteiger partial charge >= 0.3 is 0 Å². The maximum Gasteiger partial charge on any atom is 0.282 e. The van der Waals surface area contributed by atoms with Gasteiger partial charge in [-0.2, -0.15) is 5.10 Å². The summed E-state index contributed by atoms with van der Waals surface area (Å²) < 4.78 is 26.0. The summed E-state index contributed by atoms with van der Waals surface area (Å²) >= 11 is 0. The van der Waals surface area contributed by atoms with Gasteiger partial charge < -0.3 is 0 Å². The first-order valence-corrected chi connectivity index (χ1v) is 4.72. The molecule has 0 aromatic carbocycles. The van der Waals surface area contributed by atoms with E-state index < -0.39 is 6.43 Å². The zero-order valence-electron chi connectivity index (χ0n) is 8.85. The molecule has 0 saturated heterocycles. The molecule has 2 rings (SSSR count). The van der Waals surface area contributed by atoms with Crippen molar-refractivity contribution in [3.63, 3.8) is 0 Å². The van der Waals surface area contributed by atoms with Crippen molar-refractivity contribution >= 4 is 0 Å². The van der Waals surface area contributed by atoms with Crippen LogP contribution in [0.15, 0.2) is 18.3 Å². The zero-order valence-corrected chi connectivity index (χ0v) is 8.85. The summed E-state index contributed by atoms with van der Waals surface area (Å²) in [5.41, 5.74) is 0.519. The van der Waals surface area contributed by atoms with Gasteiger partial charge in [0.2, 0.25) is 0 Å². The predicted molar refractivity (Wildman–Crippen MR) is 53.6 cm³/mol. The third kappa shape index (κ3) is 2.05.